The number of rotatable bonds is 3. The van der Waals surface area contributed by atoms with Crippen LogP contribution in [0.2, 0.25) is 0 Å². The van der Waals surface area contributed by atoms with Crippen LogP contribution >= 0.6 is 0 Å². The second kappa shape index (κ2) is 4.95. The van der Waals surface area contributed by atoms with Gasteiger partial charge in [-0.1, -0.05) is 18.2 Å². The number of amides is 1. The van der Waals surface area contributed by atoms with Gasteiger partial charge < -0.3 is 9.88 Å². The van der Waals surface area contributed by atoms with Crippen molar-refractivity contribution in [2.24, 2.45) is 0 Å². The molecule has 23 heavy (non-hydrogen) atoms. The van der Waals surface area contributed by atoms with Crippen LogP contribution in [0.3, 0.4) is 0 Å². The van der Waals surface area contributed by atoms with Crippen LogP contribution in [-0.2, 0) is 10.2 Å². The van der Waals surface area contributed by atoms with Crippen molar-refractivity contribution in [2.45, 2.75) is 18.3 Å². The summed E-state index contributed by atoms with van der Waals surface area (Å²) in [5.74, 6) is -0.183. The van der Waals surface area contributed by atoms with Crippen molar-refractivity contribution >= 4 is 22.5 Å². The molecule has 1 fully saturated rings. The van der Waals surface area contributed by atoms with Crippen LogP contribution in [0.4, 0.5) is 10.1 Å². The highest BCUT2D eigenvalue weighted by Crippen LogP contribution is 2.52. The van der Waals surface area contributed by atoms with Gasteiger partial charge in [0.05, 0.1) is 5.41 Å². The summed E-state index contributed by atoms with van der Waals surface area (Å²) < 4.78 is 13.4. The zero-order chi connectivity index (χ0) is 16.0. The monoisotopic (exact) mass is 308 g/mol. The molecule has 1 aromatic heterocycles. The maximum Gasteiger partial charge on any atom is 0.237 e. The third-order valence-corrected chi connectivity index (χ3v) is 4.77. The van der Waals surface area contributed by atoms with E-state index in [1.807, 2.05) is 43.6 Å². The van der Waals surface area contributed by atoms with E-state index in [9.17, 15) is 9.18 Å². The molecule has 1 saturated carbocycles. The summed E-state index contributed by atoms with van der Waals surface area (Å²) in [5, 5.41) is 0.929. The fraction of sp³-hybridized carbons (Fsp3) is 0.211. The number of anilines is 1. The number of nitrogens with one attached hydrogen (secondary N) is 1. The highest BCUT2D eigenvalue weighted by atomic mass is 19.1. The van der Waals surface area contributed by atoms with Crippen LogP contribution in [-0.4, -0.2) is 17.9 Å². The first kappa shape index (κ1) is 14.0. The fourth-order valence-corrected chi connectivity index (χ4v) is 3.31. The maximum absolute atomic E-state index is 13.4. The molecule has 0 spiro atoms. The van der Waals surface area contributed by atoms with Crippen molar-refractivity contribution in [2.75, 3.05) is 11.9 Å². The Balaban J connectivity index is 1.74. The summed E-state index contributed by atoms with van der Waals surface area (Å²) in [6.07, 6.45) is 3.51. The van der Waals surface area contributed by atoms with Crippen LogP contribution in [0.5, 0.6) is 0 Å². The van der Waals surface area contributed by atoms with Gasteiger partial charge in [0.15, 0.2) is 0 Å². The van der Waals surface area contributed by atoms with Crippen molar-refractivity contribution in [3.05, 3.63) is 66.1 Å². The Bertz CT molecular complexity index is 881. The zero-order valence-electron chi connectivity index (χ0n) is 12.8. The molecule has 0 unspecified atom stereocenters. The second-order valence-electron chi connectivity index (χ2n) is 6.17. The van der Waals surface area contributed by atoms with Crippen LogP contribution < -0.4 is 4.90 Å². The average molecular weight is 308 g/mol. The lowest BCUT2D eigenvalue weighted by Crippen LogP contribution is -2.36. The summed E-state index contributed by atoms with van der Waals surface area (Å²) in [6.45, 7) is 0. The van der Waals surface area contributed by atoms with E-state index in [1.165, 1.54) is 12.1 Å². The predicted molar refractivity (Wildman–Crippen MR) is 89.0 cm³/mol. The average Bonchev–Trinajstić information content (AvgIpc) is 3.28. The number of carbonyl (C=O) groups is 1. The van der Waals surface area contributed by atoms with E-state index in [0.29, 0.717) is 0 Å². The molecule has 4 rings (SSSR count). The van der Waals surface area contributed by atoms with Crippen LogP contribution in [0.25, 0.3) is 10.9 Å². The number of fused-ring (bicyclic) bond motifs is 1. The second-order valence-corrected chi connectivity index (χ2v) is 6.17. The van der Waals surface area contributed by atoms with E-state index in [2.05, 4.69) is 4.98 Å². The molecule has 1 aliphatic carbocycles. The molecule has 1 aliphatic rings. The van der Waals surface area contributed by atoms with Gasteiger partial charge in [-0.25, -0.2) is 4.39 Å². The number of aromatic amines is 1. The number of hydrogen-bond acceptors (Lipinski definition) is 1. The molecule has 1 amide bonds. The first-order valence-electron chi connectivity index (χ1n) is 7.72. The largest absolute Gasteiger partial charge is 0.361 e. The summed E-state index contributed by atoms with van der Waals surface area (Å²) in [7, 11) is 1.81. The molecule has 2 aromatic carbocycles. The van der Waals surface area contributed by atoms with Gasteiger partial charge in [-0.3, -0.25) is 4.79 Å². The van der Waals surface area contributed by atoms with Gasteiger partial charge in [-0.2, -0.15) is 0 Å². The first-order valence-corrected chi connectivity index (χ1v) is 7.72. The van der Waals surface area contributed by atoms with Crippen LogP contribution in [0, 0.1) is 5.82 Å². The predicted octanol–water partition coefficient (Wildman–Crippen LogP) is 4.00. The molecule has 0 saturated heterocycles. The minimum absolute atomic E-state index is 0.0916. The highest BCUT2D eigenvalue weighted by Gasteiger charge is 2.53. The minimum atomic E-state index is -0.485. The zero-order valence-corrected chi connectivity index (χ0v) is 12.8. The van der Waals surface area contributed by atoms with Gasteiger partial charge >= 0.3 is 0 Å². The number of benzene rings is 2. The Kier molecular flexibility index (Phi) is 3.01. The standard InChI is InChI=1S/C19H17FN2O/c1-22(14-5-3-2-4-6-14)18(23)19(9-10-19)16-12-21-17-11-13(20)7-8-15(16)17/h2-8,11-12,21H,9-10H2,1H3. The Hall–Kier alpha value is -2.62. The third-order valence-electron chi connectivity index (χ3n) is 4.77. The Morgan fingerprint density at radius 3 is 2.61 bits per heavy atom. The lowest BCUT2D eigenvalue weighted by molar-refractivity contribution is -0.120. The number of nitrogens with zero attached hydrogens (tertiary/aromatic N) is 1. The molecule has 3 nitrogen and oxygen atoms in total. The Morgan fingerprint density at radius 2 is 1.91 bits per heavy atom. The number of aromatic nitrogens is 1. The normalized spacial score (nSPS) is 15.6. The number of para-hydroxylation sites is 1. The van der Waals surface area contributed by atoms with Gasteiger partial charge in [-0.05, 0) is 48.7 Å². The summed E-state index contributed by atoms with van der Waals surface area (Å²) >= 11 is 0. The van der Waals surface area contributed by atoms with E-state index in [-0.39, 0.29) is 11.7 Å². The lowest BCUT2D eigenvalue weighted by atomic mass is 9.93. The highest BCUT2D eigenvalue weighted by molar-refractivity contribution is 6.05. The number of likely N-dealkylation sites (N-methyl/N-ethyl adjacent to an activating group) is 1. The van der Waals surface area contributed by atoms with E-state index in [1.54, 1.807) is 11.0 Å². The molecule has 0 atom stereocenters. The lowest BCUT2D eigenvalue weighted by Gasteiger charge is -2.23. The smallest absolute Gasteiger partial charge is 0.237 e. The molecular formula is C19H17FN2O. The maximum atomic E-state index is 13.4. The van der Waals surface area contributed by atoms with Gasteiger partial charge in [0.1, 0.15) is 5.82 Å². The number of H-pyrrole nitrogens is 1. The molecule has 0 aliphatic heterocycles. The quantitative estimate of drug-likeness (QED) is 0.780. The van der Waals surface area contributed by atoms with Crippen molar-refractivity contribution < 1.29 is 9.18 Å². The van der Waals surface area contributed by atoms with E-state index in [4.69, 9.17) is 0 Å². The molecule has 116 valence electrons. The van der Waals surface area contributed by atoms with Gasteiger partial charge in [-0.15, -0.1) is 0 Å². The Morgan fingerprint density at radius 1 is 1.17 bits per heavy atom. The molecule has 4 heteroatoms. The minimum Gasteiger partial charge on any atom is -0.361 e. The molecule has 3 aromatic rings. The Labute approximate surface area is 133 Å². The third kappa shape index (κ3) is 2.13. The van der Waals surface area contributed by atoms with E-state index >= 15 is 0 Å². The fourth-order valence-electron chi connectivity index (χ4n) is 3.31. The molecule has 0 bridgehead atoms. The van der Waals surface area contributed by atoms with Gasteiger partial charge in [0, 0.05) is 29.8 Å². The first-order chi connectivity index (χ1) is 11.1. The van der Waals surface area contributed by atoms with Crippen LogP contribution in [0.1, 0.15) is 18.4 Å². The SMILES string of the molecule is CN(C(=O)C1(c2c[nH]c3cc(F)ccc23)CC1)c1ccccc1. The summed E-state index contributed by atoms with van der Waals surface area (Å²) in [4.78, 5) is 17.9. The summed E-state index contributed by atoms with van der Waals surface area (Å²) in [6, 6.07) is 14.3. The van der Waals surface area contributed by atoms with Gasteiger partial charge in [0.2, 0.25) is 5.91 Å². The summed E-state index contributed by atoms with van der Waals surface area (Å²) in [5.41, 5.74) is 2.11. The van der Waals surface area contributed by atoms with E-state index in [0.717, 1.165) is 35.0 Å². The molecule has 1 heterocycles. The topological polar surface area (TPSA) is 36.1 Å². The van der Waals surface area contributed by atoms with Crippen LogP contribution in [0.15, 0.2) is 54.7 Å². The molecular weight excluding hydrogens is 291 g/mol. The number of hydrogen-bond donors (Lipinski definition) is 1. The number of halogens is 1. The van der Waals surface area contributed by atoms with Crippen molar-refractivity contribution in [3.63, 3.8) is 0 Å². The van der Waals surface area contributed by atoms with E-state index < -0.39 is 5.41 Å². The van der Waals surface area contributed by atoms with Crippen molar-refractivity contribution in [3.8, 4) is 0 Å². The number of carbonyl (C=O) groups excluding carboxylic acids is 1. The van der Waals surface area contributed by atoms with Gasteiger partial charge in [0.25, 0.3) is 0 Å². The van der Waals surface area contributed by atoms with Crippen molar-refractivity contribution in [1.29, 1.82) is 0 Å². The van der Waals surface area contributed by atoms with Crippen molar-refractivity contribution in [1.82, 2.24) is 4.98 Å². The molecule has 1 N–H and O–H groups in total. The molecule has 0 radical (unpaired) electrons.